The summed E-state index contributed by atoms with van der Waals surface area (Å²) in [7, 11) is 0. The quantitative estimate of drug-likeness (QED) is 0.0401. The van der Waals surface area contributed by atoms with Crippen molar-refractivity contribution in [1.29, 1.82) is 0 Å². The minimum Gasteiger partial charge on any atom is -0.423 e. The zero-order valence-electron chi connectivity index (χ0n) is 30.5. The van der Waals surface area contributed by atoms with Crippen molar-refractivity contribution >= 4 is 11.9 Å². The summed E-state index contributed by atoms with van der Waals surface area (Å²) in [5, 5.41) is 0. The summed E-state index contributed by atoms with van der Waals surface area (Å²) in [6.45, 7) is 8.18. The van der Waals surface area contributed by atoms with Crippen LogP contribution in [0.1, 0.15) is 240 Å². The summed E-state index contributed by atoms with van der Waals surface area (Å²) in [5.41, 5.74) is 0. The maximum Gasteiger partial charge on any atom is 0.309 e. The summed E-state index contributed by atoms with van der Waals surface area (Å²) in [4.78, 5) is 24.9. The van der Waals surface area contributed by atoms with Gasteiger partial charge in [-0.2, -0.15) is 0 Å². The first-order valence-electron chi connectivity index (χ1n) is 19.9. The van der Waals surface area contributed by atoms with E-state index in [4.69, 9.17) is 9.47 Å². The molecule has 0 saturated carbocycles. The van der Waals surface area contributed by atoms with Gasteiger partial charge in [0.25, 0.3) is 5.79 Å². The van der Waals surface area contributed by atoms with E-state index in [0.29, 0.717) is 19.3 Å². The van der Waals surface area contributed by atoms with E-state index in [-0.39, 0.29) is 11.9 Å². The van der Waals surface area contributed by atoms with E-state index < -0.39 is 5.79 Å². The fourth-order valence-electron chi connectivity index (χ4n) is 6.03. The lowest BCUT2D eigenvalue weighted by Gasteiger charge is -2.28. The number of ether oxygens (including phenoxy) is 2. The van der Waals surface area contributed by atoms with Crippen LogP contribution in [0, 0.1) is 0 Å². The van der Waals surface area contributed by atoms with Gasteiger partial charge in [-0.15, -0.1) is 0 Å². The topological polar surface area (TPSA) is 52.6 Å². The van der Waals surface area contributed by atoms with Crippen LogP contribution in [0.4, 0.5) is 0 Å². The number of carbonyl (C=O) groups is 2. The van der Waals surface area contributed by atoms with Gasteiger partial charge in [-0.1, -0.05) is 201 Å². The van der Waals surface area contributed by atoms with Crippen LogP contribution >= 0.6 is 0 Å². The van der Waals surface area contributed by atoms with Crippen LogP contribution in [0.2, 0.25) is 0 Å². The molecule has 0 unspecified atom stereocenters. The molecular weight excluding hydrogens is 544 g/mol. The molecule has 0 aliphatic heterocycles. The smallest absolute Gasteiger partial charge is 0.309 e. The molecule has 0 spiro atoms. The molecule has 0 aliphatic carbocycles. The summed E-state index contributed by atoms with van der Waals surface area (Å²) < 4.78 is 11.2. The number of unbranched alkanes of at least 4 members (excludes halogenated alkanes) is 28. The van der Waals surface area contributed by atoms with Crippen molar-refractivity contribution in [2.24, 2.45) is 0 Å². The molecule has 0 amide bonds. The first-order chi connectivity index (χ1) is 21.5. The Hall–Kier alpha value is -1.06. The molecule has 0 saturated heterocycles. The molecule has 0 fully saturated rings. The average Bonchev–Trinajstić information content (AvgIpc) is 3.01. The molecule has 262 valence electrons. The van der Waals surface area contributed by atoms with E-state index in [1.165, 1.54) is 167 Å². The van der Waals surface area contributed by atoms with Crippen molar-refractivity contribution < 1.29 is 19.1 Å². The molecule has 0 heterocycles. The Kier molecular flexibility index (Phi) is 32.5. The predicted octanol–water partition coefficient (Wildman–Crippen LogP) is 13.7. The Morgan fingerprint density at radius 3 is 0.773 bits per heavy atom. The largest absolute Gasteiger partial charge is 0.423 e. The highest BCUT2D eigenvalue weighted by atomic mass is 16.7. The molecule has 0 aliphatic rings. The third-order valence-corrected chi connectivity index (χ3v) is 9.27. The number of hydrogen-bond acceptors (Lipinski definition) is 4. The van der Waals surface area contributed by atoms with Gasteiger partial charge in [-0.3, -0.25) is 9.59 Å². The van der Waals surface area contributed by atoms with Crippen molar-refractivity contribution in [2.45, 2.75) is 245 Å². The van der Waals surface area contributed by atoms with Gasteiger partial charge in [0.1, 0.15) is 0 Å². The molecule has 0 aromatic heterocycles. The van der Waals surface area contributed by atoms with Crippen LogP contribution in [0.15, 0.2) is 0 Å². The third-order valence-electron chi connectivity index (χ3n) is 9.27. The van der Waals surface area contributed by atoms with Crippen molar-refractivity contribution in [3.8, 4) is 0 Å². The number of rotatable bonds is 35. The monoisotopic (exact) mass is 623 g/mol. The van der Waals surface area contributed by atoms with E-state index in [0.717, 1.165) is 25.7 Å². The highest BCUT2D eigenvalue weighted by molar-refractivity contribution is 5.72. The highest BCUT2D eigenvalue weighted by Crippen LogP contribution is 2.21. The van der Waals surface area contributed by atoms with E-state index in [9.17, 15) is 9.59 Å². The van der Waals surface area contributed by atoms with Crippen molar-refractivity contribution in [3.63, 3.8) is 0 Å². The molecule has 44 heavy (non-hydrogen) atoms. The van der Waals surface area contributed by atoms with Gasteiger partial charge in [0.15, 0.2) is 0 Å². The Morgan fingerprint density at radius 1 is 0.364 bits per heavy atom. The fraction of sp³-hybridized carbons (Fsp3) is 0.950. The molecule has 0 atom stereocenters. The lowest BCUT2D eigenvalue weighted by Crippen LogP contribution is -2.36. The first-order valence-corrected chi connectivity index (χ1v) is 19.9. The molecule has 0 radical (unpaired) electrons. The van der Waals surface area contributed by atoms with Crippen LogP contribution < -0.4 is 0 Å². The highest BCUT2D eigenvalue weighted by Gasteiger charge is 2.30. The Bertz CT molecular complexity index is 568. The van der Waals surface area contributed by atoms with Gasteiger partial charge in [-0.25, -0.2) is 0 Å². The Morgan fingerprint density at radius 2 is 0.568 bits per heavy atom. The molecule has 0 aromatic carbocycles. The van der Waals surface area contributed by atoms with Gasteiger partial charge in [0.05, 0.1) is 0 Å². The maximum absolute atomic E-state index is 12.4. The summed E-state index contributed by atoms with van der Waals surface area (Å²) in [6.07, 6.45) is 40.4. The zero-order chi connectivity index (χ0) is 32.4. The SMILES string of the molecule is CCCCCCCCCCCCCCCCCC(=O)OC(C)(CC)OC(=O)CCCCCCCCCCCCCCCCC. The minimum atomic E-state index is -1.14. The second-order valence-electron chi connectivity index (χ2n) is 13.8. The van der Waals surface area contributed by atoms with Crippen LogP contribution in [0.25, 0.3) is 0 Å². The van der Waals surface area contributed by atoms with E-state index >= 15 is 0 Å². The van der Waals surface area contributed by atoms with Crippen LogP contribution in [0.3, 0.4) is 0 Å². The lowest BCUT2D eigenvalue weighted by atomic mass is 10.0. The second kappa shape index (κ2) is 33.3. The van der Waals surface area contributed by atoms with Gasteiger partial charge < -0.3 is 9.47 Å². The van der Waals surface area contributed by atoms with Gasteiger partial charge in [0.2, 0.25) is 0 Å². The summed E-state index contributed by atoms with van der Waals surface area (Å²) in [6, 6.07) is 0. The lowest BCUT2D eigenvalue weighted by molar-refractivity contribution is -0.223. The van der Waals surface area contributed by atoms with E-state index in [1.54, 1.807) is 6.92 Å². The zero-order valence-corrected chi connectivity index (χ0v) is 30.5. The van der Waals surface area contributed by atoms with E-state index in [1.807, 2.05) is 6.92 Å². The van der Waals surface area contributed by atoms with Crippen molar-refractivity contribution in [2.75, 3.05) is 0 Å². The Balaban J connectivity index is 3.64. The maximum atomic E-state index is 12.4. The number of hydrogen-bond donors (Lipinski definition) is 0. The molecular formula is C40H78O4. The van der Waals surface area contributed by atoms with Crippen molar-refractivity contribution in [3.05, 3.63) is 0 Å². The summed E-state index contributed by atoms with van der Waals surface area (Å²) in [5.74, 6) is -1.63. The molecule has 0 N–H and O–H groups in total. The van der Waals surface area contributed by atoms with Crippen LogP contribution in [-0.4, -0.2) is 17.7 Å². The fourth-order valence-corrected chi connectivity index (χ4v) is 6.03. The second-order valence-corrected chi connectivity index (χ2v) is 13.8. The average molecular weight is 623 g/mol. The third kappa shape index (κ3) is 30.9. The van der Waals surface area contributed by atoms with E-state index in [2.05, 4.69) is 13.8 Å². The molecule has 0 bridgehead atoms. The van der Waals surface area contributed by atoms with Gasteiger partial charge in [-0.05, 0) is 12.8 Å². The molecule has 0 aromatic rings. The molecule has 4 heteroatoms. The number of esters is 2. The molecule has 0 rings (SSSR count). The predicted molar refractivity (Wildman–Crippen MR) is 190 cm³/mol. The minimum absolute atomic E-state index is 0.246. The van der Waals surface area contributed by atoms with Crippen LogP contribution in [0.5, 0.6) is 0 Å². The van der Waals surface area contributed by atoms with Crippen molar-refractivity contribution in [1.82, 2.24) is 0 Å². The summed E-state index contributed by atoms with van der Waals surface area (Å²) >= 11 is 0. The van der Waals surface area contributed by atoms with Gasteiger partial charge >= 0.3 is 11.9 Å². The number of carbonyl (C=O) groups excluding carboxylic acids is 2. The normalized spacial score (nSPS) is 11.6. The Labute approximate surface area is 276 Å². The first kappa shape index (κ1) is 42.9. The van der Waals surface area contributed by atoms with Gasteiger partial charge in [0, 0.05) is 26.2 Å². The molecule has 4 nitrogen and oxygen atoms in total. The standard InChI is InChI=1S/C40H78O4/c1-5-8-10-12-14-16-18-20-22-24-26-28-30-32-34-36-38(41)43-40(4,7-3)44-39(42)37-35-33-31-29-27-25-23-21-19-17-15-13-11-9-6-2/h5-37H2,1-4H3. The van der Waals surface area contributed by atoms with Crippen LogP contribution in [-0.2, 0) is 19.1 Å².